The van der Waals surface area contributed by atoms with Gasteiger partial charge in [0.25, 0.3) is 5.91 Å². The van der Waals surface area contributed by atoms with Crippen molar-refractivity contribution < 1.29 is 4.79 Å². The van der Waals surface area contributed by atoms with Crippen LogP contribution in [0, 0.1) is 6.92 Å². The van der Waals surface area contributed by atoms with E-state index in [0.717, 1.165) is 11.4 Å². The summed E-state index contributed by atoms with van der Waals surface area (Å²) in [6, 6.07) is 10.1. The zero-order valence-electron chi connectivity index (χ0n) is 14.7. The molecular weight excluding hydrogens is 332 g/mol. The van der Waals surface area contributed by atoms with Crippen molar-refractivity contribution in [1.29, 1.82) is 0 Å². The number of rotatable bonds is 3. The lowest BCUT2D eigenvalue weighted by atomic mass is 9.84. The normalized spacial score (nSPS) is 15.0. The third-order valence-electron chi connectivity index (χ3n) is 4.82. The number of anilines is 1. The van der Waals surface area contributed by atoms with Crippen LogP contribution in [0.5, 0.6) is 0 Å². The van der Waals surface area contributed by atoms with E-state index in [9.17, 15) is 4.79 Å². The Kier molecular flexibility index (Phi) is 5.48. The molecule has 1 fully saturated rings. The van der Waals surface area contributed by atoms with Crippen LogP contribution in [-0.2, 0) is 7.05 Å². The van der Waals surface area contributed by atoms with Gasteiger partial charge in [0, 0.05) is 18.4 Å². The number of thiocarbonyl (C=S) groups is 1. The summed E-state index contributed by atoms with van der Waals surface area (Å²) >= 11 is 5.23. The van der Waals surface area contributed by atoms with Crippen LogP contribution in [-0.4, -0.2) is 20.8 Å². The predicted octanol–water partition coefficient (Wildman–Crippen LogP) is 3.90. The highest BCUT2D eigenvalue weighted by molar-refractivity contribution is 7.80. The molecule has 0 unspecified atom stereocenters. The van der Waals surface area contributed by atoms with Crippen LogP contribution >= 0.6 is 12.2 Å². The van der Waals surface area contributed by atoms with E-state index in [1.165, 1.54) is 37.7 Å². The Morgan fingerprint density at radius 3 is 2.48 bits per heavy atom. The number of aromatic nitrogens is 2. The maximum Gasteiger partial charge on any atom is 0.277 e. The smallest absolute Gasteiger partial charge is 0.277 e. The van der Waals surface area contributed by atoms with Gasteiger partial charge in [-0.1, -0.05) is 31.4 Å². The Hall–Kier alpha value is -2.21. The lowest BCUT2D eigenvalue weighted by Crippen LogP contribution is -2.34. The van der Waals surface area contributed by atoms with Crippen molar-refractivity contribution in [3.05, 3.63) is 47.3 Å². The molecule has 6 heteroatoms. The zero-order valence-corrected chi connectivity index (χ0v) is 15.5. The highest BCUT2D eigenvalue weighted by atomic mass is 32.1. The van der Waals surface area contributed by atoms with Crippen molar-refractivity contribution in [2.45, 2.75) is 44.9 Å². The van der Waals surface area contributed by atoms with Gasteiger partial charge in [0.1, 0.15) is 0 Å². The molecule has 0 spiro atoms. The van der Waals surface area contributed by atoms with E-state index in [2.05, 4.69) is 27.9 Å². The molecule has 0 atom stereocenters. The molecular formula is C19H24N4OS. The standard InChI is InChI=1S/C19H24N4OS/c1-13-12-17(22-23(13)2)18(24)21-19(25)20-16-10-8-15(9-11-16)14-6-4-3-5-7-14/h8-12,14H,3-7H2,1-2H3,(H2,20,21,24,25). The van der Waals surface area contributed by atoms with Gasteiger partial charge >= 0.3 is 0 Å². The topological polar surface area (TPSA) is 59.0 Å². The molecule has 5 nitrogen and oxygen atoms in total. The molecule has 3 rings (SSSR count). The van der Waals surface area contributed by atoms with Gasteiger partial charge in [0.15, 0.2) is 10.8 Å². The molecule has 0 aliphatic heterocycles. The lowest BCUT2D eigenvalue weighted by Gasteiger charge is -2.22. The third kappa shape index (κ3) is 4.45. The maximum atomic E-state index is 12.2. The summed E-state index contributed by atoms with van der Waals surface area (Å²) in [4.78, 5) is 12.2. The molecule has 1 aromatic heterocycles. The number of amides is 1. The van der Waals surface area contributed by atoms with Gasteiger partial charge in [-0.3, -0.25) is 14.8 Å². The van der Waals surface area contributed by atoms with E-state index >= 15 is 0 Å². The molecule has 2 aromatic rings. The molecule has 1 saturated carbocycles. The summed E-state index contributed by atoms with van der Waals surface area (Å²) in [5.41, 5.74) is 3.55. The van der Waals surface area contributed by atoms with Gasteiger partial charge in [-0.25, -0.2) is 0 Å². The average molecular weight is 356 g/mol. The minimum atomic E-state index is -0.306. The van der Waals surface area contributed by atoms with Gasteiger partial charge in [0.2, 0.25) is 0 Å². The van der Waals surface area contributed by atoms with E-state index in [1.54, 1.807) is 17.8 Å². The van der Waals surface area contributed by atoms with E-state index in [-0.39, 0.29) is 11.0 Å². The quantitative estimate of drug-likeness (QED) is 0.819. The van der Waals surface area contributed by atoms with Gasteiger partial charge in [0.05, 0.1) is 0 Å². The van der Waals surface area contributed by atoms with E-state index < -0.39 is 0 Å². The van der Waals surface area contributed by atoms with Crippen molar-refractivity contribution in [1.82, 2.24) is 15.1 Å². The van der Waals surface area contributed by atoms with E-state index in [0.29, 0.717) is 11.6 Å². The Morgan fingerprint density at radius 2 is 1.88 bits per heavy atom. The van der Waals surface area contributed by atoms with E-state index in [4.69, 9.17) is 12.2 Å². The highest BCUT2D eigenvalue weighted by Crippen LogP contribution is 2.32. The molecule has 0 saturated heterocycles. The first kappa shape index (κ1) is 17.6. The molecule has 132 valence electrons. The third-order valence-corrected chi connectivity index (χ3v) is 5.02. The van der Waals surface area contributed by atoms with Crippen molar-refractivity contribution >= 4 is 28.9 Å². The fourth-order valence-corrected chi connectivity index (χ4v) is 3.49. The lowest BCUT2D eigenvalue weighted by molar-refractivity contribution is 0.0972. The van der Waals surface area contributed by atoms with Gasteiger partial charge in [-0.05, 0) is 61.7 Å². The molecule has 1 heterocycles. The number of benzene rings is 1. The van der Waals surface area contributed by atoms with Crippen molar-refractivity contribution in [2.24, 2.45) is 7.05 Å². The highest BCUT2D eigenvalue weighted by Gasteiger charge is 2.16. The molecule has 0 bridgehead atoms. The molecule has 1 amide bonds. The van der Waals surface area contributed by atoms with Crippen LogP contribution in [0.2, 0.25) is 0 Å². The van der Waals surface area contributed by atoms with Crippen LogP contribution in [0.15, 0.2) is 30.3 Å². The second kappa shape index (κ2) is 7.78. The molecule has 25 heavy (non-hydrogen) atoms. The Bertz CT molecular complexity index is 741. The van der Waals surface area contributed by atoms with Gasteiger partial charge < -0.3 is 5.32 Å². The van der Waals surface area contributed by atoms with Crippen LogP contribution < -0.4 is 10.6 Å². The van der Waals surface area contributed by atoms with Gasteiger partial charge in [-0.2, -0.15) is 5.10 Å². The maximum absolute atomic E-state index is 12.2. The number of nitrogens with one attached hydrogen (secondary N) is 2. The van der Waals surface area contributed by atoms with Crippen LogP contribution in [0.4, 0.5) is 5.69 Å². The fourth-order valence-electron chi connectivity index (χ4n) is 3.28. The molecule has 1 aliphatic carbocycles. The number of nitrogens with zero attached hydrogens (tertiary/aromatic N) is 2. The number of aryl methyl sites for hydroxylation is 2. The van der Waals surface area contributed by atoms with Crippen LogP contribution in [0.1, 0.15) is 59.8 Å². The summed E-state index contributed by atoms with van der Waals surface area (Å²) < 4.78 is 1.66. The number of carbonyl (C=O) groups excluding carboxylic acids is 1. The van der Waals surface area contributed by atoms with Crippen LogP contribution in [0.3, 0.4) is 0 Å². The Morgan fingerprint density at radius 1 is 1.20 bits per heavy atom. The monoisotopic (exact) mass is 356 g/mol. The van der Waals surface area contributed by atoms with E-state index in [1.807, 2.05) is 19.1 Å². The van der Waals surface area contributed by atoms with Crippen molar-refractivity contribution in [2.75, 3.05) is 5.32 Å². The van der Waals surface area contributed by atoms with Crippen molar-refractivity contribution in [3.63, 3.8) is 0 Å². The minimum Gasteiger partial charge on any atom is -0.332 e. The average Bonchev–Trinajstić information content (AvgIpc) is 2.95. The Labute approximate surface area is 153 Å². The summed E-state index contributed by atoms with van der Waals surface area (Å²) in [5, 5.41) is 10.2. The molecule has 1 aromatic carbocycles. The second-order valence-electron chi connectivity index (χ2n) is 6.66. The zero-order chi connectivity index (χ0) is 17.8. The summed E-state index contributed by atoms with van der Waals surface area (Å²) in [6.45, 7) is 1.90. The van der Waals surface area contributed by atoms with Crippen LogP contribution in [0.25, 0.3) is 0 Å². The first-order valence-corrected chi connectivity index (χ1v) is 9.16. The SMILES string of the molecule is Cc1cc(C(=O)NC(=S)Nc2ccc(C3CCCCC3)cc2)nn1C. The summed E-state index contributed by atoms with van der Waals surface area (Å²) in [7, 11) is 1.80. The number of hydrogen-bond acceptors (Lipinski definition) is 3. The van der Waals surface area contributed by atoms with Crippen molar-refractivity contribution in [3.8, 4) is 0 Å². The summed E-state index contributed by atoms with van der Waals surface area (Å²) in [6.07, 6.45) is 6.58. The number of hydrogen-bond donors (Lipinski definition) is 2. The number of carbonyl (C=O) groups is 1. The molecule has 2 N–H and O–H groups in total. The first-order chi connectivity index (χ1) is 12.0. The minimum absolute atomic E-state index is 0.277. The summed E-state index contributed by atoms with van der Waals surface area (Å²) in [5.74, 6) is 0.377. The molecule has 0 radical (unpaired) electrons. The largest absolute Gasteiger partial charge is 0.332 e. The van der Waals surface area contributed by atoms with Gasteiger partial charge in [-0.15, -0.1) is 0 Å². The second-order valence-corrected chi connectivity index (χ2v) is 7.07. The molecule has 1 aliphatic rings. The Balaban J connectivity index is 1.56. The first-order valence-electron chi connectivity index (χ1n) is 8.76. The fraction of sp³-hybridized carbons (Fsp3) is 0.421. The predicted molar refractivity (Wildman–Crippen MR) is 104 cm³/mol.